The summed E-state index contributed by atoms with van der Waals surface area (Å²) in [5.41, 5.74) is -1.23. The van der Waals surface area contributed by atoms with Crippen molar-refractivity contribution >= 4 is 16.0 Å². The Morgan fingerprint density at radius 1 is 1.36 bits per heavy atom. The molecular formula is C12H15F3N2O4S. The van der Waals surface area contributed by atoms with Gasteiger partial charge in [0.2, 0.25) is 10.0 Å². The van der Waals surface area contributed by atoms with E-state index in [-0.39, 0.29) is 12.3 Å². The second-order valence-corrected chi connectivity index (χ2v) is 6.73. The van der Waals surface area contributed by atoms with Gasteiger partial charge in [-0.1, -0.05) is 13.8 Å². The van der Waals surface area contributed by atoms with Crippen molar-refractivity contribution in [3.8, 4) is 0 Å². The number of nitrogens with zero attached hydrogens (tertiary/aromatic N) is 1. The van der Waals surface area contributed by atoms with Crippen LogP contribution in [-0.2, 0) is 21.0 Å². The molecule has 0 aliphatic heterocycles. The highest BCUT2D eigenvalue weighted by Gasteiger charge is 2.33. The van der Waals surface area contributed by atoms with Crippen molar-refractivity contribution in [2.75, 3.05) is 0 Å². The van der Waals surface area contributed by atoms with E-state index < -0.39 is 38.8 Å². The molecule has 0 saturated carbocycles. The SMILES string of the molecule is CC(C)C[C@H](NS(=O)(=O)c1ccc(C(F)(F)F)nc1)C(=O)O. The maximum Gasteiger partial charge on any atom is 0.433 e. The number of carboxylic acids is 1. The van der Waals surface area contributed by atoms with Gasteiger partial charge in [0.15, 0.2) is 0 Å². The minimum absolute atomic E-state index is 0.0443. The molecule has 2 N–H and O–H groups in total. The van der Waals surface area contributed by atoms with Crippen molar-refractivity contribution < 1.29 is 31.5 Å². The molecule has 6 nitrogen and oxygen atoms in total. The lowest BCUT2D eigenvalue weighted by Gasteiger charge is -2.16. The summed E-state index contributed by atoms with van der Waals surface area (Å²) in [6, 6.07) is -0.119. The van der Waals surface area contributed by atoms with Crippen LogP contribution in [0.15, 0.2) is 23.2 Å². The van der Waals surface area contributed by atoms with Crippen molar-refractivity contribution in [1.82, 2.24) is 9.71 Å². The fraction of sp³-hybridized carbons (Fsp3) is 0.500. The van der Waals surface area contributed by atoms with E-state index in [0.29, 0.717) is 12.3 Å². The molecule has 1 atom stereocenters. The Morgan fingerprint density at radius 2 is 1.95 bits per heavy atom. The second kappa shape index (κ2) is 6.61. The number of carboxylic acid groups (broad SMARTS) is 1. The predicted molar refractivity (Wildman–Crippen MR) is 70.4 cm³/mol. The monoisotopic (exact) mass is 340 g/mol. The molecule has 10 heteroatoms. The van der Waals surface area contributed by atoms with Gasteiger partial charge in [-0.3, -0.25) is 9.78 Å². The molecular weight excluding hydrogens is 325 g/mol. The Balaban J connectivity index is 3.01. The first-order valence-corrected chi connectivity index (χ1v) is 7.70. The van der Waals surface area contributed by atoms with Gasteiger partial charge in [0, 0.05) is 6.20 Å². The highest BCUT2D eigenvalue weighted by atomic mass is 32.2. The molecule has 0 fully saturated rings. The van der Waals surface area contributed by atoms with E-state index in [2.05, 4.69) is 4.98 Å². The van der Waals surface area contributed by atoms with Gasteiger partial charge in [0.25, 0.3) is 0 Å². The quantitative estimate of drug-likeness (QED) is 0.824. The number of pyridine rings is 1. The summed E-state index contributed by atoms with van der Waals surface area (Å²) in [6.45, 7) is 3.42. The first-order valence-electron chi connectivity index (χ1n) is 6.22. The van der Waals surface area contributed by atoms with E-state index in [1.165, 1.54) is 0 Å². The number of nitrogens with one attached hydrogen (secondary N) is 1. The molecule has 124 valence electrons. The van der Waals surface area contributed by atoms with Gasteiger partial charge in [0.05, 0.1) is 0 Å². The number of rotatable bonds is 6. The van der Waals surface area contributed by atoms with Gasteiger partial charge in [-0.15, -0.1) is 0 Å². The molecule has 0 aliphatic carbocycles. The normalized spacial score (nSPS) is 14.1. The zero-order chi connectivity index (χ0) is 17.1. The minimum Gasteiger partial charge on any atom is -0.480 e. The Morgan fingerprint density at radius 3 is 2.32 bits per heavy atom. The number of aromatic nitrogens is 1. The van der Waals surface area contributed by atoms with Crippen LogP contribution in [0.2, 0.25) is 0 Å². The van der Waals surface area contributed by atoms with E-state index >= 15 is 0 Å². The number of carbonyl (C=O) groups is 1. The maximum absolute atomic E-state index is 12.4. The Hall–Kier alpha value is -1.68. The van der Waals surface area contributed by atoms with Crippen molar-refractivity contribution in [3.63, 3.8) is 0 Å². The highest BCUT2D eigenvalue weighted by Crippen LogP contribution is 2.27. The van der Waals surface area contributed by atoms with Crippen LogP contribution in [0.1, 0.15) is 26.0 Å². The average Bonchev–Trinajstić information content (AvgIpc) is 2.36. The molecule has 0 amide bonds. The fourth-order valence-electron chi connectivity index (χ4n) is 1.63. The van der Waals surface area contributed by atoms with E-state index in [4.69, 9.17) is 5.11 Å². The van der Waals surface area contributed by atoms with Crippen LogP contribution < -0.4 is 4.72 Å². The van der Waals surface area contributed by atoms with Crippen molar-refractivity contribution in [1.29, 1.82) is 0 Å². The third-order valence-corrected chi connectivity index (χ3v) is 4.10. The number of aliphatic carboxylic acids is 1. The highest BCUT2D eigenvalue weighted by molar-refractivity contribution is 7.89. The number of hydrogen-bond donors (Lipinski definition) is 2. The van der Waals surface area contributed by atoms with Crippen LogP contribution in [0.5, 0.6) is 0 Å². The number of halogens is 3. The minimum atomic E-state index is -4.68. The van der Waals surface area contributed by atoms with Gasteiger partial charge in [-0.25, -0.2) is 8.42 Å². The topological polar surface area (TPSA) is 96.4 Å². The molecule has 0 saturated heterocycles. The Bertz CT molecular complexity index is 627. The van der Waals surface area contributed by atoms with E-state index in [1.807, 2.05) is 4.72 Å². The molecule has 0 unspecified atom stereocenters. The van der Waals surface area contributed by atoms with Gasteiger partial charge < -0.3 is 5.11 Å². The average molecular weight is 340 g/mol. The summed E-state index contributed by atoms with van der Waals surface area (Å²) < 4.78 is 63.0. The van der Waals surface area contributed by atoms with Crippen LogP contribution in [0, 0.1) is 5.92 Å². The number of alkyl halides is 3. The standard InChI is InChI=1S/C12H15F3N2O4S/c1-7(2)5-9(11(18)19)17-22(20,21)8-3-4-10(16-6-8)12(13,14)15/h3-4,6-7,9,17H,5H2,1-2H3,(H,18,19)/t9-/m0/s1. The molecule has 22 heavy (non-hydrogen) atoms. The van der Waals surface area contributed by atoms with E-state index in [9.17, 15) is 26.4 Å². The lowest BCUT2D eigenvalue weighted by molar-refractivity contribution is -0.141. The second-order valence-electron chi connectivity index (χ2n) is 5.02. The van der Waals surface area contributed by atoms with Crippen LogP contribution >= 0.6 is 0 Å². The Labute approximate surface area is 125 Å². The fourth-order valence-corrected chi connectivity index (χ4v) is 2.78. The lowest BCUT2D eigenvalue weighted by Crippen LogP contribution is -2.41. The van der Waals surface area contributed by atoms with Crippen molar-refractivity contribution in [2.24, 2.45) is 5.92 Å². The summed E-state index contributed by atoms with van der Waals surface area (Å²) in [5, 5.41) is 8.99. The van der Waals surface area contributed by atoms with E-state index in [1.54, 1.807) is 13.8 Å². The predicted octanol–water partition coefficient (Wildman–Crippen LogP) is 1.88. The third-order valence-electron chi connectivity index (χ3n) is 2.64. The molecule has 0 bridgehead atoms. The largest absolute Gasteiger partial charge is 0.480 e. The summed E-state index contributed by atoms with van der Waals surface area (Å²) >= 11 is 0. The Kier molecular flexibility index (Phi) is 5.52. The summed E-state index contributed by atoms with van der Waals surface area (Å²) in [5.74, 6) is -1.45. The first-order chi connectivity index (χ1) is 9.93. The molecule has 1 heterocycles. The maximum atomic E-state index is 12.4. The summed E-state index contributed by atoms with van der Waals surface area (Å²) in [4.78, 5) is 13.5. The van der Waals surface area contributed by atoms with Gasteiger partial charge in [-0.2, -0.15) is 17.9 Å². The molecule has 0 aliphatic rings. The van der Waals surface area contributed by atoms with Crippen LogP contribution in [-0.4, -0.2) is 30.5 Å². The van der Waals surface area contributed by atoms with Gasteiger partial charge in [-0.05, 0) is 24.5 Å². The van der Waals surface area contributed by atoms with Crippen LogP contribution in [0.25, 0.3) is 0 Å². The lowest BCUT2D eigenvalue weighted by atomic mass is 10.1. The summed E-state index contributed by atoms with van der Waals surface area (Å²) in [7, 11) is -4.27. The van der Waals surface area contributed by atoms with Gasteiger partial charge in [0.1, 0.15) is 16.6 Å². The zero-order valence-corrected chi connectivity index (χ0v) is 12.6. The summed E-state index contributed by atoms with van der Waals surface area (Å²) in [6.07, 6.45) is -4.10. The smallest absolute Gasteiger partial charge is 0.433 e. The molecule has 0 aromatic carbocycles. The van der Waals surface area contributed by atoms with Crippen molar-refractivity contribution in [3.05, 3.63) is 24.0 Å². The van der Waals surface area contributed by atoms with E-state index in [0.717, 1.165) is 6.07 Å². The van der Waals surface area contributed by atoms with Crippen molar-refractivity contribution in [2.45, 2.75) is 37.4 Å². The zero-order valence-electron chi connectivity index (χ0n) is 11.8. The molecule has 0 radical (unpaired) electrons. The molecule has 1 rings (SSSR count). The molecule has 0 spiro atoms. The van der Waals surface area contributed by atoms with Gasteiger partial charge >= 0.3 is 12.1 Å². The molecule has 1 aromatic rings. The number of hydrogen-bond acceptors (Lipinski definition) is 4. The first kappa shape index (κ1) is 18.4. The number of sulfonamides is 1. The van der Waals surface area contributed by atoms with Crippen LogP contribution in [0.3, 0.4) is 0 Å². The van der Waals surface area contributed by atoms with Crippen LogP contribution in [0.4, 0.5) is 13.2 Å². The third kappa shape index (κ3) is 4.95. The molecule has 1 aromatic heterocycles.